The van der Waals surface area contributed by atoms with E-state index in [0.29, 0.717) is 0 Å². The van der Waals surface area contributed by atoms with Gasteiger partial charge in [0, 0.05) is 0 Å². The molecule has 1 aliphatic heterocycles. The number of fused-ring (bicyclic) bond motifs is 3. The summed E-state index contributed by atoms with van der Waals surface area (Å²) in [6.45, 7) is 9.20. The van der Waals surface area contributed by atoms with Gasteiger partial charge in [-0.3, -0.25) is 9.97 Å². The Morgan fingerprint density at radius 1 is 0.449 bits per heavy atom. The lowest BCUT2D eigenvalue weighted by Crippen LogP contribution is -2.64. The van der Waals surface area contributed by atoms with Gasteiger partial charge in [-0.15, -0.1) is 22.7 Å². The number of aryl methyl sites for hydroxylation is 2. The molecule has 0 bridgehead atoms. The number of hydrogen-bond donors (Lipinski definition) is 0. The lowest BCUT2D eigenvalue weighted by Gasteiger charge is -2.46. The maximum atomic E-state index is 5.51. The number of unbranched alkanes of at least 4 members (excludes halogenated alkanes) is 18. The van der Waals surface area contributed by atoms with Crippen LogP contribution in [0.15, 0.2) is 0 Å². The Morgan fingerprint density at radius 2 is 0.755 bits per heavy atom. The maximum Gasteiger partial charge on any atom is 0.174 e. The van der Waals surface area contributed by atoms with Crippen molar-refractivity contribution in [2.45, 2.75) is 231 Å². The van der Waals surface area contributed by atoms with Crippen LogP contribution >= 0.6 is 22.7 Å². The highest BCUT2D eigenvalue weighted by molar-refractivity contribution is 7.28. The molecule has 2 fully saturated rings. The van der Waals surface area contributed by atoms with Gasteiger partial charge in [0.05, 0.1) is 30.4 Å². The zero-order chi connectivity index (χ0) is 34.3. The Kier molecular flexibility index (Phi) is 17.2. The second kappa shape index (κ2) is 21.2. The van der Waals surface area contributed by atoms with E-state index in [4.69, 9.17) is 9.97 Å². The summed E-state index contributed by atoms with van der Waals surface area (Å²) in [4.78, 5) is 14.2. The van der Waals surface area contributed by atoms with E-state index in [2.05, 4.69) is 27.7 Å². The predicted octanol–water partition coefficient (Wildman–Crippen LogP) is 14.5. The van der Waals surface area contributed by atoms with Gasteiger partial charge in [-0.2, -0.15) is 0 Å². The third-order valence-corrected chi connectivity index (χ3v) is 21.9. The van der Waals surface area contributed by atoms with E-state index in [9.17, 15) is 0 Å². The van der Waals surface area contributed by atoms with Gasteiger partial charge in [0.2, 0.25) is 0 Å². The molecular formula is C44H76N2S2Si. The molecule has 2 aliphatic carbocycles. The fourth-order valence-electron chi connectivity index (χ4n) is 10.6. The number of rotatable bonds is 24. The van der Waals surface area contributed by atoms with Crippen molar-refractivity contribution in [3.8, 4) is 9.75 Å². The monoisotopic (exact) mass is 725 g/mol. The molecule has 0 atom stereocenters. The summed E-state index contributed by atoms with van der Waals surface area (Å²) in [5.74, 6) is 1.95. The van der Waals surface area contributed by atoms with Gasteiger partial charge in [-0.25, -0.2) is 0 Å². The van der Waals surface area contributed by atoms with Crippen LogP contribution in [0.25, 0.3) is 9.75 Å². The molecule has 0 unspecified atom stereocenters. The van der Waals surface area contributed by atoms with Gasteiger partial charge in [0.15, 0.2) is 8.07 Å². The van der Waals surface area contributed by atoms with Crippen molar-refractivity contribution in [1.82, 2.24) is 9.97 Å². The molecule has 5 heteroatoms. The van der Waals surface area contributed by atoms with Crippen LogP contribution in [0.2, 0.25) is 11.1 Å². The Balaban J connectivity index is 1.11. The lowest BCUT2D eigenvalue weighted by molar-refractivity contribution is 0.308. The first-order valence-electron chi connectivity index (χ1n) is 22.0. The molecule has 2 saturated carbocycles. The number of hydrogen-bond acceptors (Lipinski definition) is 4. The molecule has 0 N–H and O–H groups in total. The Labute approximate surface area is 312 Å². The van der Waals surface area contributed by atoms with Crippen molar-refractivity contribution in [1.29, 1.82) is 0 Å². The van der Waals surface area contributed by atoms with Crippen molar-refractivity contribution in [3.63, 3.8) is 0 Å². The summed E-state index contributed by atoms with van der Waals surface area (Å²) in [5, 5.41) is 5.87. The maximum absolute atomic E-state index is 5.51. The van der Waals surface area contributed by atoms with Crippen LogP contribution in [-0.2, 0) is 0 Å². The van der Waals surface area contributed by atoms with Crippen LogP contribution in [0.4, 0.5) is 0 Å². The Morgan fingerprint density at radius 3 is 1.08 bits per heavy atom. The summed E-state index contributed by atoms with van der Waals surface area (Å²) in [6, 6.07) is 0. The van der Waals surface area contributed by atoms with Crippen LogP contribution in [0.1, 0.15) is 216 Å². The molecule has 3 heterocycles. The van der Waals surface area contributed by atoms with E-state index < -0.39 is 8.07 Å². The van der Waals surface area contributed by atoms with E-state index in [1.165, 1.54) is 203 Å². The third kappa shape index (κ3) is 10.8. The highest BCUT2D eigenvalue weighted by Crippen LogP contribution is 2.54. The van der Waals surface area contributed by atoms with Crippen molar-refractivity contribution in [2.24, 2.45) is 11.8 Å². The molecule has 0 spiro atoms. The van der Waals surface area contributed by atoms with Crippen LogP contribution < -0.4 is 10.6 Å². The molecule has 0 radical (unpaired) electrons. The van der Waals surface area contributed by atoms with Crippen LogP contribution in [0.3, 0.4) is 0 Å². The fourth-order valence-corrected chi connectivity index (χ4v) is 20.7. The molecular weight excluding hydrogens is 649 g/mol. The van der Waals surface area contributed by atoms with E-state index in [0.717, 1.165) is 22.9 Å². The summed E-state index contributed by atoms with van der Waals surface area (Å²) in [7, 11) is -2.02. The Hall–Kier alpha value is -0.523. The first kappa shape index (κ1) is 39.7. The molecule has 2 aromatic heterocycles. The number of thiazole rings is 2. The number of aromatic nitrogens is 2. The first-order valence-corrected chi connectivity index (χ1v) is 25.8. The quantitative estimate of drug-likeness (QED) is 0.0796. The molecule has 278 valence electrons. The van der Waals surface area contributed by atoms with E-state index in [1.54, 1.807) is 20.4 Å². The second-order valence-electron chi connectivity index (χ2n) is 17.1. The van der Waals surface area contributed by atoms with Crippen LogP contribution in [-0.4, -0.2) is 18.0 Å². The van der Waals surface area contributed by atoms with Crippen molar-refractivity contribution in [2.75, 3.05) is 0 Å². The van der Waals surface area contributed by atoms with Crippen molar-refractivity contribution in [3.05, 3.63) is 10.0 Å². The fraction of sp³-hybridized carbons (Fsp3) is 0.864. The van der Waals surface area contributed by atoms with Gasteiger partial charge in [-0.05, 0) is 36.8 Å². The molecule has 5 rings (SSSR count). The summed E-state index contributed by atoms with van der Waals surface area (Å²) < 4.78 is 0. The predicted molar refractivity (Wildman–Crippen MR) is 222 cm³/mol. The molecule has 3 aliphatic rings. The van der Waals surface area contributed by atoms with Gasteiger partial charge < -0.3 is 0 Å². The molecule has 0 saturated heterocycles. The van der Waals surface area contributed by atoms with Gasteiger partial charge in [-0.1, -0.05) is 206 Å². The molecule has 0 amide bonds. The van der Waals surface area contributed by atoms with Crippen molar-refractivity contribution < 1.29 is 0 Å². The SMILES string of the molecule is CCCCCCCCCCCCC1CCC([Si]2(C3CCC(CCCCCCCCCCCC)CC3)c3nc(C)sc3-c3sc(C)nc32)CC1. The summed E-state index contributed by atoms with van der Waals surface area (Å²) in [5.41, 5.74) is 1.73. The van der Waals surface area contributed by atoms with Crippen molar-refractivity contribution >= 4 is 41.4 Å². The van der Waals surface area contributed by atoms with E-state index in [-0.39, 0.29) is 0 Å². The largest absolute Gasteiger partial charge is 0.250 e. The van der Waals surface area contributed by atoms with Gasteiger partial charge in [0.25, 0.3) is 0 Å². The second-order valence-corrected chi connectivity index (χ2v) is 23.8. The average Bonchev–Trinajstić information content (AvgIpc) is 3.76. The lowest BCUT2D eigenvalue weighted by atomic mass is 9.84. The highest BCUT2D eigenvalue weighted by atomic mass is 32.1. The molecule has 2 nitrogen and oxygen atoms in total. The zero-order valence-corrected chi connectivity index (χ0v) is 35.4. The summed E-state index contributed by atoms with van der Waals surface area (Å²) in [6.07, 6.45) is 43.8. The number of nitrogens with zero attached hydrogens (tertiary/aromatic N) is 2. The molecule has 0 aromatic carbocycles. The minimum Gasteiger partial charge on any atom is -0.250 e. The average molecular weight is 725 g/mol. The molecule has 2 aromatic rings. The topological polar surface area (TPSA) is 25.8 Å². The van der Waals surface area contributed by atoms with E-state index in [1.807, 2.05) is 22.7 Å². The standard InChI is InChI=1S/C44H76N2S2Si/c1-5-7-9-11-13-15-17-19-21-23-25-37-27-31-39(32-28-37)49(43-41(47-35(3)45-43)42-44(49)46-36(4)48-42)40-33-29-38(30-34-40)26-24-22-20-18-16-14-12-10-8-6-2/h37-40H,5-34H2,1-4H3. The third-order valence-electron chi connectivity index (χ3n) is 13.4. The van der Waals surface area contributed by atoms with Crippen LogP contribution in [0.5, 0.6) is 0 Å². The normalized spacial score (nSPS) is 23.2. The summed E-state index contributed by atoms with van der Waals surface area (Å²) >= 11 is 4.01. The zero-order valence-electron chi connectivity index (χ0n) is 32.7. The van der Waals surface area contributed by atoms with Gasteiger partial charge >= 0.3 is 0 Å². The minimum atomic E-state index is -2.02. The van der Waals surface area contributed by atoms with Crippen LogP contribution in [0, 0.1) is 25.7 Å². The molecule has 49 heavy (non-hydrogen) atoms. The highest BCUT2D eigenvalue weighted by Gasteiger charge is 2.60. The first-order chi connectivity index (χ1) is 24.1. The minimum absolute atomic E-state index is 0.864. The van der Waals surface area contributed by atoms with Gasteiger partial charge in [0.1, 0.15) is 0 Å². The Bertz CT molecular complexity index is 1090. The van der Waals surface area contributed by atoms with E-state index >= 15 is 0 Å². The smallest absolute Gasteiger partial charge is 0.174 e.